The van der Waals surface area contributed by atoms with Gasteiger partial charge in [-0.1, -0.05) is 12.1 Å². The summed E-state index contributed by atoms with van der Waals surface area (Å²) in [5.41, 5.74) is 0.696. The topological polar surface area (TPSA) is 75.6 Å². The maximum atomic E-state index is 11.0. The van der Waals surface area contributed by atoms with Gasteiger partial charge in [-0.15, -0.1) is 0 Å². The first-order chi connectivity index (χ1) is 8.11. The molecule has 1 aromatic rings. The number of nitrogens with one attached hydrogen (secondary N) is 1. The highest BCUT2D eigenvalue weighted by Crippen LogP contribution is 2.14. The number of carbonyl (C=O) groups is 2. The molecule has 5 heteroatoms. The number of carboxylic acid groups (broad SMARTS) is 1. The standard InChI is InChI=1S/C12H13NO4/c1-13-11(14)8-17-10-4-2-3-9(7-10)5-6-12(15)16/h2-7H,8H2,1H3,(H,13,14)(H,15,16)/b6-5+. The zero-order valence-electron chi connectivity index (χ0n) is 9.34. The lowest BCUT2D eigenvalue weighted by atomic mass is 10.2. The summed E-state index contributed by atoms with van der Waals surface area (Å²) < 4.78 is 5.21. The van der Waals surface area contributed by atoms with Gasteiger partial charge in [0.25, 0.3) is 5.91 Å². The Hall–Kier alpha value is -2.30. The third kappa shape index (κ3) is 4.83. The number of amides is 1. The smallest absolute Gasteiger partial charge is 0.328 e. The lowest BCUT2D eigenvalue weighted by Gasteiger charge is -2.05. The molecule has 1 rings (SSSR count). The highest BCUT2D eigenvalue weighted by Gasteiger charge is 2.00. The average molecular weight is 235 g/mol. The molecule has 0 saturated heterocycles. The monoisotopic (exact) mass is 235 g/mol. The van der Waals surface area contributed by atoms with Gasteiger partial charge in [0.05, 0.1) is 0 Å². The molecule has 0 aromatic heterocycles. The van der Waals surface area contributed by atoms with Gasteiger partial charge in [-0.2, -0.15) is 0 Å². The summed E-state index contributed by atoms with van der Waals surface area (Å²) in [6, 6.07) is 6.82. The summed E-state index contributed by atoms with van der Waals surface area (Å²) in [7, 11) is 1.53. The molecule has 0 spiro atoms. The number of likely N-dealkylation sites (N-methyl/N-ethyl adjacent to an activating group) is 1. The van der Waals surface area contributed by atoms with Crippen LogP contribution in [0.5, 0.6) is 5.75 Å². The summed E-state index contributed by atoms with van der Waals surface area (Å²) in [5.74, 6) is -0.723. The fourth-order valence-electron chi connectivity index (χ4n) is 1.10. The van der Waals surface area contributed by atoms with Crippen LogP contribution in [0.15, 0.2) is 30.3 Å². The number of benzene rings is 1. The maximum Gasteiger partial charge on any atom is 0.328 e. The molecule has 90 valence electrons. The molecule has 0 radical (unpaired) electrons. The van der Waals surface area contributed by atoms with Gasteiger partial charge in [0, 0.05) is 13.1 Å². The summed E-state index contributed by atoms with van der Waals surface area (Å²) in [4.78, 5) is 21.3. The van der Waals surface area contributed by atoms with E-state index in [0.717, 1.165) is 6.08 Å². The van der Waals surface area contributed by atoms with E-state index in [-0.39, 0.29) is 12.5 Å². The highest BCUT2D eigenvalue weighted by atomic mass is 16.5. The Morgan fingerprint density at radius 2 is 2.24 bits per heavy atom. The fraction of sp³-hybridized carbons (Fsp3) is 0.167. The van der Waals surface area contributed by atoms with Crippen LogP contribution in [0.25, 0.3) is 6.08 Å². The lowest BCUT2D eigenvalue weighted by molar-refractivity contribution is -0.131. The molecule has 1 aromatic carbocycles. The van der Waals surface area contributed by atoms with Crippen LogP contribution in [0.2, 0.25) is 0 Å². The molecule has 0 atom stereocenters. The first-order valence-electron chi connectivity index (χ1n) is 4.96. The van der Waals surface area contributed by atoms with E-state index in [1.807, 2.05) is 0 Å². The summed E-state index contributed by atoms with van der Waals surface area (Å²) in [6.07, 6.45) is 2.49. The van der Waals surface area contributed by atoms with E-state index in [9.17, 15) is 9.59 Å². The summed E-state index contributed by atoms with van der Waals surface area (Å²) in [5, 5.41) is 10.9. The van der Waals surface area contributed by atoms with Gasteiger partial charge >= 0.3 is 5.97 Å². The Balaban J connectivity index is 2.65. The van der Waals surface area contributed by atoms with Crippen LogP contribution in [0.3, 0.4) is 0 Å². The predicted octanol–water partition coefficient (Wildman–Crippen LogP) is 0.909. The number of aliphatic carboxylic acids is 1. The first-order valence-corrected chi connectivity index (χ1v) is 4.96. The molecular formula is C12H13NO4. The van der Waals surface area contributed by atoms with Gasteiger partial charge in [-0.05, 0) is 23.8 Å². The average Bonchev–Trinajstić information content (AvgIpc) is 2.34. The van der Waals surface area contributed by atoms with Crippen molar-refractivity contribution in [3.63, 3.8) is 0 Å². The number of carbonyl (C=O) groups excluding carboxylic acids is 1. The number of hydrogen-bond acceptors (Lipinski definition) is 3. The first kappa shape index (κ1) is 12.8. The predicted molar refractivity (Wildman–Crippen MR) is 62.7 cm³/mol. The molecule has 17 heavy (non-hydrogen) atoms. The Kier molecular flexibility index (Phi) is 4.75. The van der Waals surface area contributed by atoms with Gasteiger partial charge < -0.3 is 15.2 Å². The highest BCUT2D eigenvalue weighted by molar-refractivity contribution is 5.85. The Morgan fingerprint density at radius 1 is 1.47 bits per heavy atom. The number of hydrogen-bond donors (Lipinski definition) is 2. The Labute approximate surface area is 98.7 Å². The van der Waals surface area contributed by atoms with Crippen molar-refractivity contribution in [3.05, 3.63) is 35.9 Å². The quantitative estimate of drug-likeness (QED) is 0.744. The SMILES string of the molecule is CNC(=O)COc1cccc(/C=C/C(=O)O)c1. The Morgan fingerprint density at radius 3 is 2.88 bits per heavy atom. The lowest BCUT2D eigenvalue weighted by Crippen LogP contribution is -2.24. The molecule has 0 unspecified atom stereocenters. The molecule has 0 fully saturated rings. The zero-order valence-corrected chi connectivity index (χ0v) is 9.34. The minimum absolute atomic E-state index is 0.0669. The van der Waals surface area contributed by atoms with Crippen molar-refractivity contribution in [2.75, 3.05) is 13.7 Å². The van der Waals surface area contributed by atoms with Gasteiger partial charge in [-0.3, -0.25) is 4.79 Å². The zero-order chi connectivity index (χ0) is 12.7. The molecular weight excluding hydrogens is 222 g/mol. The minimum Gasteiger partial charge on any atom is -0.484 e. The van der Waals surface area contributed by atoms with Crippen molar-refractivity contribution in [1.29, 1.82) is 0 Å². The largest absolute Gasteiger partial charge is 0.484 e. The molecule has 0 bridgehead atoms. The third-order valence-electron chi connectivity index (χ3n) is 1.93. The van der Waals surface area contributed by atoms with E-state index in [0.29, 0.717) is 11.3 Å². The third-order valence-corrected chi connectivity index (χ3v) is 1.93. The van der Waals surface area contributed by atoms with E-state index in [4.69, 9.17) is 9.84 Å². The second-order valence-corrected chi connectivity index (χ2v) is 3.21. The minimum atomic E-state index is -1.01. The van der Waals surface area contributed by atoms with Crippen LogP contribution < -0.4 is 10.1 Å². The second-order valence-electron chi connectivity index (χ2n) is 3.21. The van der Waals surface area contributed by atoms with Crippen molar-refractivity contribution >= 4 is 18.0 Å². The molecule has 1 amide bonds. The summed E-state index contributed by atoms with van der Waals surface area (Å²) >= 11 is 0. The fourth-order valence-corrected chi connectivity index (χ4v) is 1.10. The van der Waals surface area contributed by atoms with Gasteiger partial charge in [-0.25, -0.2) is 4.79 Å². The molecule has 0 aliphatic rings. The van der Waals surface area contributed by atoms with Crippen LogP contribution in [0.4, 0.5) is 0 Å². The number of carboxylic acids is 1. The van der Waals surface area contributed by atoms with E-state index < -0.39 is 5.97 Å². The van der Waals surface area contributed by atoms with Crippen LogP contribution in [0.1, 0.15) is 5.56 Å². The molecule has 2 N–H and O–H groups in total. The van der Waals surface area contributed by atoms with E-state index in [2.05, 4.69) is 5.32 Å². The van der Waals surface area contributed by atoms with Gasteiger partial charge in [0.1, 0.15) is 5.75 Å². The van der Waals surface area contributed by atoms with Crippen LogP contribution in [-0.4, -0.2) is 30.6 Å². The van der Waals surface area contributed by atoms with Crippen molar-refractivity contribution in [2.45, 2.75) is 0 Å². The van der Waals surface area contributed by atoms with E-state index in [1.54, 1.807) is 24.3 Å². The van der Waals surface area contributed by atoms with Crippen molar-refractivity contribution < 1.29 is 19.4 Å². The van der Waals surface area contributed by atoms with Gasteiger partial charge in [0.15, 0.2) is 6.61 Å². The molecule has 5 nitrogen and oxygen atoms in total. The normalized spacial score (nSPS) is 10.2. The number of rotatable bonds is 5. The van der Waals surface area contributed by atoms with E-state index >= 15 is 0 Å². The van der Waals surface area contributed by atoms with Crippen LogP contribution in [-0.2, 0) is 9.59 Å². The van der Waals surface area contributed by atoms with Crippen LogP contribution in [0, 0.1) is 0 Å². The van der Waals surface area contributed by atoms with Crippen molar-refractivity contribution in [1.82, 2.24) is 5.32 Å². The summed E-state index contributed by atoms with van der Waals surface area (Å²) in [6.45, 7) is -0.0669. The number of ether oxygens (including phenoxy) is 1. The maximum absolute atomic E-state index is 11.0. The van der Waals surface area contributed by atoms with Gasteiger partial charge in [0.2, 0.25) is 0 Å². The van der Waals surface area contributed by atoms with Crippen molar-refractivity contribution in [3.8, 4) is 5.75 Å². The molecule has 0 aliphatic heterocycles. The second kappa shape index (κ2) is 6.32. The van der Waals surface area contributed by atoms with E-state index in [1.165, 1.54) is 13.1 Å². The van der Waals surface area contributed by atoms with Crippen LogP contribution >= 0.6 is 0 Å². The Bertz CT molecular complexity index is 440. The molecule has 0 heterocycles. The van der Waals surface area contributed by atoms with Crippen molar-refractivity contribution in [2.24, 2.45) is 0 Å². The molecule has 0 aliphatic carbocycles. The molecule has 0 saturated carbocycles.